The van der Waals surface area contributed by atoms with Crippen molar-refractivity contribution < 1.29 is 14.3 Å². The fraction of sp³-hybridized carbons (Fsp3) is 0.463. The second kappa shape index (κ2) is 20.9. The van der Waals surface area contributed by atoms with Gasteiger partial charge in [0.05, 0.1) is 35.6 Å². The van der Waals surface area contributed by atoms with Crippen LogP contribution in [0.2, 0.25) is 5.02 Å². The van der Waals surface area contributed by atoms with Gasteiger partial charge in [-0.3, -0.25) is 5.32 Å². The molecule has 1 saturated heterocycles. The summed E-state index contributed by atoms with van der Waals surface area (Å²) in [5.74, 6) is 1.72. The third-order valence-electron chi connectivity index (χ3n) is 8.56. The number of hydrogen-bond donors (Lipinski definition) is 1. The van der Waals surface area contributed by atoms with E-state index in [2.05, 4.69) is 81.8 Å². The topological polar surface area (TPSA) is 66.4 Å². The molecule has 0 saturated carbocycles. The lowest BCUT2D eigenvalue weighted by Gasteiger charge is -2.23. The molecule has 0 radical (unpaired) electrons. The Bertz CT molecular complexity index is 1570. The van der Waals surface area contributed by atoms with Crippen LogP contribution in [0, 0.1) is 12.8 Å². The number of allylic oxidation sites excluding steroid dienone is 2. The molecule has 2 heterocycles. The molecule has 2 unspecified atom stereocenters. The first-order chi connectivity index (χ1) is 23.9. The number of aliphatic imine (C=N–C) groups is 1. The third kappa shape index (κ3) is 12.0. The van der Waals surface area contributed by atoms with Gasteiger partial charge in [0.15, 0.2) is 5.72 Å². The van der Waals surface area contributed by atoms with Gasteiger partial charge in [-0.05, 0) is 105 Å². The first-order valence-electron chi connectivity index (χ1n) is 17.7. The van der Waals surface area contributed by atoms with E-state index < -0.39 is 5.72 Å². The maximum Gasteiger partial charge on any atom is 0.411 e. The number of methoxy groups -OCH3 is 1. The van der Waals surface area contributed by atoms with Gasteiger partial charge in [0, 0.05) is 18.6 Å². The predicted molar refractivity (Wildman–Crippen MR) is 217 cm³/mol. The maximum absolute atomic E-state index is 12.2. The summed E-state index contributed by atoms with van der Waals surface area (Å²) in [5.41, 5.74) is 4.86. The summed E-state index contributed by atoms with van der Waals surface area (Å²) in [7, 11) is 5.53. The van der Waals surface area contributed by atoms with Crippen molar-refractivity contribution in [3.63, 3.8) is 0 Å². The van der Waals surface area contributed by atoms with Gasteiger partial charge in [0.1, 0.15) is 5.76 Å². The molecule has 1 fully saturated rings. The molecule has 50 heavy (non-hydrogen) atoms. The number of thiophene rings is 1. The van der Waals surface area contributed by atoms with Gasteiger partial charge in [0.2, 0.25) is 0 Å². The Morgan fingerprint density at radius 3 is 2.38 bits per heavy atom. The van der Waals surface area contributed by atoms with Gasteiger partial charge in [-0.2, -0.15) is 0 Å². The number of anilines is 1. The van der Waals surface area contributed by atoms with Crippen molar-refractivity contribution in [1.29, 1.82) is 0 Å². The molecule has 0 bridgehead atoms. The molecular weight excluding hydrogens is 664 g/mol. The van der Waals surface area contributed by atoms with Crippen molar-refractivity contribution in [2.24, 2.45) is 10.9 Å². The summed E-state index contributed by atoms with van der Waals surface area (Å²) < 4.78 is 11.0. The SMILES string of the molecule is C=C(c1ccc(N=CN(C)c2cc(C)c(/C(=C\CC)OC)s2)cc1)C(CC)CCN1CC(C)(NC)OC1=O.CC.CC(C)c1ccccc1Cl. The number of aryl methyl sites for hydroxylation is 1. The summed E-state index contributed by atoms with van der Waals surface area (Å²) >= 11 is 7.62. The zero-order valence-corrected chi connectivity index (χ0v) is 33.7. The van der Waals surface area contributed by atoms with Crippen molar-refractivity contribution in [1.82, 2.24) is 10.2 Å². The molecule has 0 aliphatic carbocycles. The average Bonchev–Trinajstić information content (AvgIpc) is 3.65. The van der Waals surface area contributed by atoms with Crippen molar-refractivity contribution >= 4 is 57.4 Å². The Hall–Kier alpha value is -3.59. The highest BCUT2D eigenvalue weighted by Gasteiger charge is 2.40. The monoisotopic (exact) mass is 722 g/mol. The summed E-state index contributed by atoms with van der Waals surface area (Å²) in [4.78, 5) is 21.9. The van der Waals surface area contributed by atoms with Crippen molar-refractivity contribution in [2.45, 2.75) is 86.3 Å². The number of hydrogen-bond acceptors (Lipinski definition) is 6. The van der Waals surface area contributed by atoms with Crippen LogP contribution in [0.5, 0.6) is 0 Å². The van der Waals surface area contributed by atoms with Crippen molar-refractivity contribution in [3.8, 4) is 0 Å². The molecule has 9 heteroatoms. The van der Waals surface area contributed by atoms with E-state index in [9.17, 15) is 4.79 Å². The van der Waals surface area contributed by atoms with Crippen LogP contribution in [0.15, 0.2) is 72.2 Å². The van der Waals surface area contributed by atoms with Crippen LogP contribution in [-0.4, -0.2) is 57.4 Å². The molecule has 2 aromatic carbocycles. The van der Waals surface area contributed by atoms with E-state index in [1.54, 1.807) is 23.3 Å². The number of amides is 1. The number of carbonyl (C=O) groups excluding carboxylic acids is 1. The highest BCUT2D eigenvalue weighted by molar-refractivity contribution is 7.17. The second-order valence-corrected chi connectivity index (χ2v) is 14.0. The van der Waals surface area contributed by atoms with E-state index in [1.165, 1.54) is 11.1 Å². The minimum absolute atomic E-state index is 0.264. The third-order valence-corrected chi connectivity index (χ3v) is 10.2. The summed E-state index contributed by atoms with van der Waals surface area (Å²) in [6.45, 7) is 22.1. The van der Waals surface area contributed by atoms with Crippen LogP contribution in [0.4, 0.5) is 15.5 Å². The highest BCUT2D eigenvalue weighted by atomic mass is 35.5. The van der Waals surface area contributed by atoms with E-state index in [0.717, 1.165) is 56.7 Å². The normalized spacial score (nSPS) is 16.4. The molecule has 0 spiro atoms. The Labute approximate surface area is 311 Å². The fourth-order valence-electron chi connectivity index (χ4n) is 5.44. The van der Waals surface area contributed by atoms with E-state index >= 15 is 0 Å². The number of halogens is 1. The maximum atomic E-state index is 12.2. The Morgan fingerprint density at radius 1 is 1.20 bits per heavy atom. The molecule has 1 N–H and O–H groups in total. The molecule has 1 aliphatic rings. The van der Waals surface area contributed by atoms with Crippen molar-refractivity contribution in [2.75, 3.05) is 39.2 Å². The van der Waals surface area contributed by atoms with Gasteiger partial charge in [-0.25, -0.2) is 9.79 Å². The van der Waals surface area contributed by atoms with Crippen LogP contribution in [-0.2, 0) is 9.47 Å². The lowest BCUT2D eigenvalue weighted by Crippen LogP contribution is -2.43. The van der Waals surface area contributed by atoms with Gasteiger partial charge in [0.25, 0.3) is 0 Å². The lowest BCUT2D eigenvalue weighted by atomic mass is 9.89. The molecule has 1 aliphatic heterocycles. The molecule has 2 atom stereocenters. The van der Waals surface area contributed by atoms with Crippen LogP contribution >= 0.6 is 22.9 Å². The molecule has 274 valence electrons. The van der Waals surface area contributed by atoms with E-state index in [4.69, 9.17) is 21.1 Å². The van der Waals surface area contributed by atoms with Gasteiger partial charge < -0.3 is 19.3 Å². The number of nitrogens with one attached hydrogen (secondary N) is 1. The van der Waals surface area contributed by atoms with E-state index in [-0.39, 0.29) is 12.0 Å². The standard InChI is InChI=1S/C30H42N4O3S.C9H11Cl.C2H6/c1-9-11-26(36-8)28-21(3)18-27(38-28)33(7)20-32-25-14-12-24(13-15-25)22(4)23(10-2)16-17-34-19-30(5,31-6)37-29(34)35;1-7(2)8-5-3-4-6-9(8)10;1-2/h11-15,18,20,23,31H,4,9-10,16-17,19H2,1-3,5-8H3;3-7H,1-2H3;1-2H3/b26-11+,32-20?;;. The van der Waals surface area contributed by atoms with Crippen LogP contribution in [0.25, 0.3) is 11.3 Å². The first kappa shape index (κ1) is 42.6. The van der Waals surface area contributed by atoms with Gasteiger partial charge in [-0.1, -0.05) is 90.1 Å². The zero-order chi connectivity index (χ0) is 37.4. The van der Waals surface area contributed by atoms with Crippen LogP contribution < -0.4 is 10.2 Å². The molecule has 3 aromatic rings. The number of ether oxygens (including phenoxy) is 2. The molecule has 7 nitrogen and oxygen atoms in total. The Morgan fingerprint density at radius 2 is 1.86 bits per heavy atom. The number of likely N-dealkylation sites (N-methyl/N-ethyl adjacent to an activating group) is 1. The molecule has 1 amide bonds. The Kier molecular flexibility index (Phi) is 17.8. The number of nitrogens with zero attached hydrogens (tertiary/aromatic N) is 3. The Balaban J connectivity index is 0.000000613. The van der Waals surface area contributed by atoms with Crippen LogP contribution in [0.3, 0.4) is 0 Å². The predicted octanol–water partition coefficient (Wildman–Crippen LogP) is 11.6. The number of rotatable bonds is 14. The summed E-state index contributed by atoms with van der Waals surface area (Å²) in [5, 5.41) is 5.05. The largest absolute Gasteiger partial charge is 0.496 e. The van der Waals surface area contributed by atoms with Gasteiger partial charge >= 0.3 is 6.09 Å². The minimum atomic E-state index is -0.621. The second-order valence-electron chi connectivity index (χ2n) is 12.5. The van der Waals surface area contributed by atoms with Crippen molar-refractivity contribution in [3.05, 3.63) is 93.8 Å². The highest BCUT2D eigenvalue weighted by Crippen LogP contribution is 2.35. The molecule has 4 rings (SSSR count). The minimum Gasteiger partial charge on any atom is -0.496 e. The fourth-order valence-corrected chi connectivity index (χ4v) is 6.92. The zero-order valence-electron chi connectivity index (χ0n) is 32.1. The number of cyclic esters (lactones) is 1. The first-order valence-corrected chi connectivity index (χ1v) is 18.9. The van der Waals surface area contributed by atoms with E-state index in [1.807, 2.05) is 76.4 Å². The number of benzene rings is 2. The van der Waals surface area contributed by atoms with Crippen LogP contribution in [0.1, 0.15) is 95.2 Å². The summed E-state index contributed by atoms with van der Waals surface area (Å²) in [6.07, 6.45) is 6.41. The van der Waals surface area contributed by atoms with Gasteiger partial charge in [-0.15, -0.1) is 11.3 Å². The smallest absolute Gasteiger partial charge is 0.411 e. The average molecular weight is 723 g/mol. The molecule has 1 aromatic heterocycles. The summed E-state index contributed by atoms with van der Waals surface area (Å²) in [6, 6.07) is 18.3. The number of carbonyl (C=O) groups is 1. The van der Waals surface area contributed by atoms with E-state index in [0.29, 0.717) is 19.0 Å². The quantitative estimate of drug-likeness (QED) is 0.102. The molecular formula is C41H59ClN4O3S. The lowest BCUT2D eigenvalue weighted by molar-refractivity contribution is 0.0505.